The van der Waals surface area contributed by atoms with Crippen LogP contribution in [-0.4, -0.2) is 16.4 Å². The first kappa shape index (κ1) is 13.4. The summed E-state index contributed by atoms with van der Waals surface area (Å²) in [4.78, 5) is 0. The maximum Gasteiger partial charge on any atom is 0.127 e. The van der Waals surface area contributed by atoms with Gasteiger partial charge in [-0.2, -0.15) is 0 Å². The van der Waals surface area contributed by atoms with Crippen LogP contribution in [0.1, 0.15) is 31.7 Å². The lowest BCUT2D eigenvalue weighted by molar-refractivity contribution is 0.217. The summed E-state index contributed by atoms with van der Waals surface area (Å²) in [6, 6.07) is 7.90. The highest BCUT2D eigenvalue weighted by Crippen LogP contribution is 2.19. The first-order valence-corrected chi connectivity index (χ1v) is 6.47. The van der Waals surface area contributed by atoms with E-state index in [-0.39, 0.29) is 6.10 Å². The molecule has 1 aromatic carbocycles. The highest BCUT2D eigenvalue weighted by molar-refractivity contribution is 5.48. The number of hydrogen-bond acceptors (Lipinski definition) is 5. The Morgan fingerprint density at radius 1 is 1.37 bits per heavy atom. The van der Waals surface area contributed by atoms with Gasteiger partial charge in [0.25, 0.3) is 0 Å². The van der Waals surface area contributed by atoms with Crippen molar-refractivity contribution in [1.82, 2.24) is 10.3 Å². The van der Waals surface area contributed by atoms with E-state index in [2.05, 4.69) is 34.1 Å². The van der Waals surface area contributed by atoms with Crippen molar-refractivity contribution in [3.8, 4) is 5.75 Å². The third kappa shape index (κ3) is 3.71. The molecule has 2 rings (SSSR count). The van der Waals surface area contributed by atoms with E-state index in [1.807, 2.05) is 31.2 Å². The number of hydrogen-bond donors (Lipinski definition) is 1. The molecule has 102 valence electrons. The number of rotatable bonds is 6. The van der Waals surface area contributed by atoms with Crippen LogP contribution in [0.4, 0.5) is 5.69 Å². The fourth-order valence-corrected chi connectivity index (χ4v) is 1.59. The van der Waals surface area contributed by atoms with Crippen molar-refractivity contribution in [3.63, 3.8) is 0 Å². The lowest BCUT2D eigenvalue weighted by atomic mass is 10.2. The van der Waals surface area contributed by atoms with Gasteiger partial charge in [0, 0.05) is 11.8 Å². The molecule has 0 spiro atoms. The van der Waals surface area contributed by atoms with E-state index in [9.17, 15) is 0 Å². The van der Waals surface area contributed by atoms with Crippen LogP contribution in [0.25, 0.3) is 0 Å². The van der Waals surface area contributed by atoms with E-state index in [4.69, 9.17) is 4.74 Å². The van der Waals surface area contributed by atoms with Gasteiger partial charge in [-0.1, -0.05) is 23.3 Å². The molecule has 1 aromatic heterocycles. The van der Waals surface area contributed by atoms with Crippen LogP contribution < -0.4 is 10.1 Å². The minimum Gasteiger partial charge on any atom is -0.491 e. The first-order valence-electron chi connectivity index (χ1n) is 6.47. The monoisotopic (exact) mass is 261 g/mol. The van der Waals surface area contributed by atoms with Gasteiger partial charge in [0.2, 0.25) is 0 Å². The van der Waals surface area contributed by atoms with E-state index >= 15 is 0 Å². The van der Waals surface area contributed by atoms with E-state index < -0.39 is 0 Å². The average Bonchev–Trinajstić information content (AvgIpc) is 2.82. The predicted molar refractivity (Wildman–Crippen MR) is 73.2 cm³/mol. The Hall–Kier alpha value is -2.04. The van der Waals surface area contributed by atoms with Crippen molar-refractivity contribution < 1.29 is 9.37 Å². The summed E-state index contributed by atoms with van der Waals surface area (Å²) in [6.45, 7) is 6.62. The van der Waals surface area contributed by atoms with Crippen LogP contribution in [0.15, 0.2) is 28.9 Å². The normalized spacial score (nSPS) is 12.2. The van der Waals surface area contributed by atoms with Gasteiger partial charge in [-0.05, 0) is 32.4 Å². The summed E-state index contributed by atoms with van der Waals surface area (Å²) >= 11 is 0. The van der Waals surface area contributed by atoms with Crippen LogP contribution in [-0.2, 0) is 6.54 Å². The predicted octanol–water partition coefficient (Wildman–Crippen LogP) is 3.17. The second-order valence-corrected chi connectivity index (χ2v) is 4.51. The molecular weight excluding hydrogens is 242 g/mol. The van der Waals surface area contributed by atoms with Crippen molar-refractivity contribution >= 4 is 5.69 Å². The van der Waals surface area contributed by atoms with Crippen molar-refractivity contribution in [2.24, 2.45) is 0 Å². The molecule has 0 amide bonds. The van der Waals surface area contributed by atoms with E-state index in [1.165, 1.54) is 0 Å². The number of anilines is 1. The SMILES string of the molecule is CCC(C)Oc1cccc(NCc2nonc2C)c1. The molecule has 0 aliphatic heterocycles. The van der Waals surface area contributed by atoms with E-state index in [0.29, 0.717) is 6.54 Å². The highest BCUT2D eigenvalue weighted by atomic mass is 16.6. The van der Waals surface area contributed by atoms with Crippen LogP contribution in [0.5, 0.6) is 5.75 Å². The molecule has 0 radical (unpaired) electrons. The van der Waals surface area contributed by atoms with Crippen LogP contribution in [0.2, 0.25) is 0 Å². The van der Waals surface area contributed by atoms with Crippen molar-refractivity contribution in [3.05, 3.63) is 35.7 Å². The molecule has 19 heavy (non-hydrogen) atoms. The molecule has 5 nitrogen and oxygen atoms in total. The number of benzene rings is 1. The summed E-state index contributed by atoms with van der Waals surface area (Å²) in [6.07, 6.45) is 1.21. The fourth-order valence-electron chi connectivity index (χ4n) is 1.59. The van der Waals surface area contributed by atoms with Crippen LogP contribution in [0.3, 0.4) is 0 Å². The van der Waals surface area contributed by atoms with E-state index in [0.717, 1.165) is 29.2 Å². The molecule has 5 heteroatoms. The Morgan fingerprint density at radius 2 is 2.21 bits per heavy atom. The lowest BCUT2D eigenvalue weighted by Crippen LogP contribution is -2.10. The van der Waals surface area contributed by atoms with Crippen molar-refractivity contribution in [2.45, 2.75) is 39.8 Å². The summed E-state index contributed by atoms with van der Waals surface area (Å²) in [7, 11) is 0. The smallest absolute Gasteiger partial charge is 0.127 e. The molecule has 2 aromatic rings. The summed E-state index contributed by atoms with van der Waals surface area (Å²) in [5.41, 5.74) is 2.61. The van der Waals surface area contributed by atoms with Gasteiger partial charge in [-0.15, -0.1) is 0 Å². The molecule has 1 atom stereocenters. The molecular formula is C14H19N3O2. The van der Waals surface area contributed by atoms with Gasteiger partial charge in [0.15, 0.2) is 0 Å². The molecule has 0 aliphatic carbocycles. The molecule has 0 saturated carbocycles. The van der Waals surface area contributed by atoms with Gasteiger partial charge >= 0.3 is 0 Å². The van der Waals surface area contributed by atoms with Gasteiger partial charge in [-0.25, -0.2) is 4.63 Å². The Morgan fingerprint density at radius 3 is 2.89 bits per heavy atom. The Balaban J connectivity index is 1.97. The van der Waals surface area contributed by atoms with Crippen LogP contribution >= 0.6 is 0 Å². The van der Waals surface area contributed by atoms with Crippen molar-refractivity contribution in [2.75, 3.05) is 5.32 Å². The molecule has 0 aliphatic rings. The average molecular weight is 261 g/mol. The number of nitrogens with one attached hydrogen (secondary N) is 1. The number of aryl methyl sites for hydroxylation is 1. The fraction of sp³-hybridized carbons (Fsp3) is 0.429. The Bertz CT molecular complexity index is 525. The first-order chi connectivity index (χ1) is 9.19. The standard InChI is InChI=1S/C14H19N3O2/c1-4-10(2)18-13-7-5-6-12(8-13)15-9-14-11(3)16-19-17-14/h5-8,10,15H,4,9H2,1-3H3. The molecule has 1 unspecified atom stereocenters. The number of aromatic nitrogens is 2. The second-order valence-electron chi connectivity index (χ2n) is 4.51. The van der Waals surface area contributed by atoms with Crippen molar-refractivity contribution in [1.29, 1.82) is 0 Å². The minimum atomic E-state index is 0.220. The van der Waals surface area contributed by atoms with Gasteiger partial charge in [0.05, 0.1) is 12.6 Å². The molecule has 0 fully saturated rings. The highest BCUT2D eigenvalue weighted by Gasteiger charge is 2.05. The topological polar surface area (TPSA) is 60.2 Å². The largest absolute Gasteiger partial charge is 0.491 e. The molecule has 0 bridgehead atoms. The zero-order valence-corrected chi connectivity index (χ0v) is 11.5. The van der Waals surface area contributed by atoms with Gasteiger partial charge in [0.1, 0.15) is 17.1 Å². The van der Waals surface area contributed by atoms with Gasteiger partial charge < -0.3 is 10.1 Å². The quantitative estimate of drug-likeness (QED) is 0.865. The number of ether oxygens (including phenoxy) is 1. The lowest BCUT2D eigenvalue weighted by Gasteiger charge is -2.13. The zero-order valence-electron chi connectivity index (χ0n) is 11.5. The second kappa shape index (κ2) is 6.22. The minimum absolute atomic E-state index is 0.220. The third-order valence-electron chi connectivity index (χ3n) is 2.95. The number of nitrogens with zero attached hydrogens (tertiary/aromatic N) is 2. The summed E-state index contributed by atoms with van der Waals surface area (Å²) in [5.74, 6) is 0.870. The maximum absolute atomic E-state index is 5.78. The van der Waals surface area contributed by atoms with Crippen LogP contribution in [0, 0.1) is 6.92 Å². The molecule has 1 heterocycles. The third-order valence-corrected chi connectivity index (χ3v) is 2.95. The molecule has 1 N–H and O–H groups in total. The van der Waals surface area contributed by atoms with E-state index in [1.54, 1.807) is 0 Å². The maximum atomic E-state index is 5.78. The summed E-state index contributed by atoms with van der Waals surface area (Å²) < 4.78 is 10.4. The Kier molecular flexibility index (Phi) is 4.39. The summed E-state index contributed by atoms with van der Waals surface area (Å²) in [5, 5.41) is 10.9. The Labute approximate surface area is 112 Å². The van der Waals surface area contributed by atoms with Gasteiger partial charge in [-0.3, -0.25) is 0 Å². The zero-order chi connectivity index (χ0) is 13.7. The molecule has 0 saturated heterocycles.